The van der Waals surface area contributed by atoms with E-state index < -0.39 is 0 Å². The van der Waals surface area contributed by atoms with Crippen molar-refractivity contribution in [1.82, 2.24) is 9.80 Å². The first-order valence-corrected chi connectivity index (χ1v) is 10.4. The van der Waals surface area contributed by atoms with Crippen LogP contribution in [0.25, 0.3) is 0 Å². The summed E-state index contributed by atoms with van der Waals surface area (Å²) in [5, 5.41) is 0. The van der Waals surface area contributed by atoms with Gasteiger partial charge in [-0.1, -0.05) is 43.7 Å². The van der Waals surface area contributed by atoms with E-state index in [1.807, 2.05) is 23.1 Å². The first kappa shape index (κ1) is 20.9. The summed E-state index contributed by atoms with van der Waals surface area (Å²) in [7, 11) is 1.58. The summed E-state index contributed by atoms with van der Waals surface area (Å²) >= 11 is 0. The molecule has 0 saturated heterocycles. The first-order valence-electron chi connectivity index (χ1n) is 10.4. The molecule has 0 spiro atoms. The molecule has 1 atom stereocenters. The molecule has 5 heteroatoms. The Bertz CT molecular complexity index is 865. The molecule has 3 rings (SSSR count). The van der Waals surface area contributed by atoms with Crippen molar-refractivity contribution in [3.8, 4) is 5.75 Å². The van der Waals surface area contributed by atoms with Crippen molar-refractivity contribution in [1.29, 1.82) is 0 Å². The monoisotopic (exact) mass is 394 g/mol. The number of carbonyl (C=O) groups is 2. The van der Waals surface area contributed by atoms with Crippen LogP contribution >= 0.6 is 0 Å². The molecule has 2 aromatic rings. The first-order chi connectivity index (χ1) is 14.0. The molecule has 0 bridgehead atoms. The van der Waals surface area contributed by atoms with Gasteiger partial charge in [0.1, 0.15) is 12.3 Å². The number of carbonyl (C=O) groups excluding carboxylic acids is 2. The van der Waals surface area contributed by atoms with Crippen LogP contribution in [0.3, 0.4) is 0 Å². The molecule has 1 aliphatic heterocycles. The molecular weight excluding hydrogens is 364 g/mol. The van der Waals surface area contributed by atoms with Gasteiger partial charge < -0.3 is 14.5 Å². The average molecular weight is 395 g/mol. The van der Waals surface area contributed by atoms with Gasteiger partial charge in [-0.3, -0.25) is 9.59 Å². The lowest BCUT2D eigenvalue weighted by atomic mass is 9.93. The fourth-order valence-corrected chi connectivity index (χ4v) is 3.91. The van der Waals surface area contributed by atoms with Crippen LogP contribution in [-0.4, -0.2) is 48.4 Å². The van der Waals surface area contributed by atoms with E-state index in [2.05, 4.69) is 26.0 Å². The van der Waals surface area contributed by atoms with Crippen molar-refractivity contribution in [2.75, 3.05) is 26.7 Å². The summed E-state index contributed by atoms with van der Waals surface area (Å²) in [6.45, 7) is 5.50. The molecule has 2 amide bonds. The standard InChI is InChI=1S/C24H30N2O3/c1-4-5-14-25(24(28)20-10-8-11-21(16-20)29-3)17-23(27)26-15-13-19-9-6-7-12-22(19)18(26)2/h6-12,16,18H,4-5,13-15,17H2,1-3H3. The second-order valence-electron chi connectivity index (χ2n) is 7.52. The minimum Gasteiger partial charge on any atom is -0.497 e. The topological polar surface area (TPSA) is 49.9 Å². The molecule has 1 unspecified atom stereocenters. The summed E-state index contributed by atoms with van der Waals surface area (Å²) in [5.41, 5.74) is 3.05. The maximum atomic E-state index is 13.2. The molecule has 1 heterocycles. The molecule has 0 fully saturated rings. The van der Waals surface area contributed by atoms with Crippen molar-refractivity contribution in [3.63, 3.8) is 0 Å². The van der Waals surface area contributed by atoms with Crippen LogP contribution in [-0.2, 0) is 11.2 Å². The predicted octanol–water partition coefficient (Wildman–Crippen LogP) is 4.08. The number of unbranched alkanes of at least 4 members (excludes halogenated alkanes) is 1. The Kier molecular flexibility index (Phi) is 6.91. The third kappa shape index (κ3) is 4.78. The molecule has 0 N–H and O–H groups in total. The third-order valence-electron chi connectivity index (χ3n) is 5.63. The minimum atomic E-state index is -0.129. The molecular formula is C24H30N2O3. The van der Waals surface area contributed by atoms with Crippen LogP contribution in [0.15, 0.2) is 48.5 Å². The van der Waals surface area contributed by atoms with Crippen LogP contribution in [0, 0.1) is 0 Å². The zero-order valence-electron chi connectivity index (χ0n) is 17.6. The van der Waals surface area contributed by atoms with Crippen molar-refractivity contribution in [3.05, 3.63) is 65.2 Å². The number of nitrogens with zero attached hydrogens (tertiary/aromatic N) is 2. The highest BCUT2D eigenvalue weighted by Gasteiger charge is 2.29. The summed E-state index contributed by atoms with van der Waals surface area (Å²) < 4.78 is 5.24. The van der Waals surface area contributed by atoms with E-state index in [1.54, 1.807) is 30.2 Å². The zero-order chi connectivity index (χ0) is 20.8. The van der Waals surface area contributed by atoms with Crippen LogP contribution in [0.1, 0.15) is 54.2 Å². The van der Waals surface area contributed by atoms with E-state index in [1.165, 1.54) is 11.1 Å². The lowest BCUT2D eigenvalue weighted by molar-refractivity contribution is -0.134. The number of rotatable bonds is 7. The Morgan fingerprint density at radius 1 is 1.17 bits per heavy atom. The lowest BCUT2D eigenvalue weighted by Gasteiger charge is -2.36. The predicted molar refractivity (Wildman–Crippen MR) is 114 cm³/mol. The van der Waals surface area contributed by atoms with Gasteiger partial charge in [0.05, 0.1) is 13.2 Å². The Morgan fingerprint density at radius 2 is 1.97 bits per heavy atom. The van der Waals surface area contributed by atoms with Crippen molar-refractivity contribution in [2.24, 2.45) is 0 Å². The molecule has 0 saturated carbocycles. The lowest BCUT2D eigenvalue weighted by Crippen LogP contribution is -2.46. The Morgan fingerprint density at radius 3 is 2.72 bits per heavy atom. The van der Waals surface area contributed by atoms with Crippen molar-refractivity contribution < 1.29 is 14.3 Å². The van der Waals surface area contributed by atoms with Gasteiger partial charge in [-0.2, -0.15) is 0 Å². The smallest absolute Gasteiger partial charge is 0.254 e. The van der Waals surface area contributed by atoms with Crippen molar-refractivity contribution >= 4 is 11.8 Å². The van der Waals surface area contributed by atoms with Crippen LogP contribution in [0.4, 0.5) is 0 Å². The third-order valence-corrected chi connectivity index (χ3v) is 5.63. The SMILES string of the molecule is CCCCN(CC(=O)N1CCc2ccccc2C1C)C(=O)c1cccc(OC)c1. The number of methoxy groups -OCH3 is 1. The molecule has 1 aliphatic rings. The molecule has 0 aliphatic carbocycles. The van der Waals surface area contributed by atoms with Gasteiger partial charge in [0.25, 0.3) is 5.91 Å². The summed E-state index contributed by atoms with van der Waals surface area (Å²) in [6.07, 6.45) is 2.68. The van der Waals surface area contributed by atoms with Gasteiger partial charge in [-0.15, -0.1) is 0 Å². The van der Waals surface area contributed by atoms with Crippen molar-refractivity contribution in [2.45, 2.75) is 39.2 Å². The maximum absolute atomic E-state index is 13.2. The van der Waals surface area contributed by atoms with Crippen LogP contribution in [0.2, 0.25) is 0 Å². The highest BCUT2D eigenvalue weighted by atomic mass is 16.5. The maximum Gasteiger partial charge on any atom is 0.254 e. The molecule has 0 radical (unpaired) electrons. The Labute approximate surface area is 173 Å². The molecule has 0 aromatic heterocycles. The zero-order valence-corrected chi connectivity index (χ0v) is 17.6. The number of fused-ring (bicyclic) bond motifs is 1. The number of ether oxygens (including phenoxy) is 1. The highest BCUT2D eigenvalue weighted by molar-refractivity contribution is 5.97. The average Bonchev–Trinajstić information content (AvgIpc) is 2.76. The minimum absolute atomic E-state index is 0.000600. The summed E-state index contributed by atoms with van der Waals surface area (Å²) in [4.78, 5) is 29.9. The van der Waals surface area contributed by atoms with Gasteiger partial charge in [0.2, 0.25) is 5.91 Å². The van der Waals surface area contributed by atoms with Gasteiger partial charge in [0, 0.05) is 18.7 Å². The highest BCUT2D eigenvalue weighted by Crippen LogP contribution is 2.29. The second-order valence-corrected chi connectivity index (χ2v) is 7.52. The normalized spacial score (nSPS) is 15.6. The van der Waals surface area contributed by atoms with E-state index in [9.17, 15) is 9.59 Å². The van der Waals surface area contributed by atoms with Gasteiger partial charge in [-0.05, 0) is 49.1 Å². The van der Waals surface area contributed by atoms with Gasteiger partial charge in [0.15, 0.2) is 0 Å². The van der Waals surface area contributed by atoms with Gasteiger partial charge >= 0.3 is 0 Å². The quantitative estimate of drug-likeness (QED) is 0.711. The summed E-state index contributed by atoms with van der Waals surface area (Å²) in [6, 6.07) is 15.4. The molecule has 2 aromatic carbocycles. The summed E-state index contributed by atoms with van der Waals surface area (Å²) in [5.74, 6) is 0.508. The molecule has 29 heavy (non-hydrogen) atoms. The van der Waals surface area contributed by atoms with E-state index in [-0.39, 0.29) is 24.4 Å². The number of hydrogen-bond donors (Lipinski definition) is 0. The van der Waals surface area contributed by atoms with E-state index in [0.717, 1.165) is 19.3 Å². The molecule has 5 nitrogen and oxygen atoms in total. The van der Waals surface area contributed by atoms with Gasteiger partial charge in [-0.25, -0.2) is 0 Å². The second kappa shape index (κ2) is 9.59. The van der Waals surface area contributed by atoms with E-state index >= 15 is 0 Å². The fourth-order valence-electron chi connectivity index (χ4n) is 3.91. The molecule has 154 valence electrons. The Hall–Kier alpha value is -2.82. The Balaban J connectivity index is 1.76. The van der Waals surface area contributed by atoms with Crippen LogP contribution < -0.4 is 4.74 Å². The fraction of sp³-hybridized carbons (Fsp3) is 0.417. The van der Waals surface area contributed by atoms with Crippen LogP contribution in [0.5, 0.6) is 5.75 Å². The number of amides is 2. The van der Waals surface area contributed by atoms with E-state index in [4.69, 9.17) is 4.74 Å². The van der Waals surface area contributed by atoms with E-state index in [0.29, 0.717) is 24.4 Å². The largest absolute Gasteiger partial charge is 0.497 e. The number of hydrogen-bond acceptors (Lipinski definition) is 3. The number of benzene rings is 2.